The zero-order valence-corrected chi connectivity index (χ0v) is 11.5. The third kappa shape index (κ3) is 3.18. The average molecular weight is 260 g/mol. The molecule has 0 bridgehead atoms. The Hall–Kier alpha value is -1.11. The minimum absolute atomic E-state index is 0.0627. The van der Waals surface area contributed by atoms with Crippen LogP contribution in [0.15, 0.2) is 0 Å². The van der Waals surface area contributed by atoms with Gasteiger partial charge in [0, 0.05) is 0 Å². The number of aromatic nitrogens is 3. The molecular weight excluding hydrogens is 240 g/mol. The molecule has 0 aliphatic carbocycles. The zero-order valence-electron chi connectivity index (χ0n) is 10.7. The summed E-state index contributed by atoms with van der Waals surface area (Å²) in [6, 6.07) is 0. The Morgan fingerprint density at radius 1 is 1.29 bits per heavy atom. The number of anilines is 1. The SMILES string of the molecule is CC(C)c1c(N)nnn1CCS(=O)(=O)C(C)C. The van der Waals surface area contributed by atoms with Crippen molar-refractivity contribution < 1.29 is 8.42 Å². The topological polar surface area (TPSA) is 90.9 Å². The quantitative estimate of drug-likeness (QED) is 0.845. The lowest BCUT2D eigenvalue weighted by Gasteiger charge is -2.11. The van der Waals surface area contributed by atoms with Crippen molar-refractivity contribution in [1.29, 1.82) is 0 Å². The first-order chi connectivity index (χ1) is 7.75. The lowest BCUT2D eigenvalue weighted by atomic mass is 10.1. The summed E-state index contributed by atoms with van der Waals surface area (Å²) in [6.07, 6.45) is 0. The molecule has 0 aliphatic heterocycles. The van der Waals surface area contributed by atoms with Crippen LogP contribution in [0.3, 0.4) is 0 Å². The molecule has 0 aliphatic rings. The molecule has 7 heteroatoms. The van der Waals surface area contributed by atoms with Crippen molar-refractivity contribution in [2.75, 3.05) is 11.5 Å². The number of hydrogen-bond acceptors (Lipinski definition) is 5. The maximum atomic E-state index is 11.7. The first-order valence-corrected chi connectivity index (χ1v) is 7.37. The van der Waals surface area contributed by atoms with E-state index in [2.05, 4.69) is 10.3 Å². The molecule has 6 nitrogen and oxygen atoms in total. The highest BCUT2D eigenvalue weighted by atomic mass is 32.2. The van der Waals surface area contributed by atoms with Gasteiger partial charge >= 0.3 is 0 Å². The third-order valence-corrected chi connectivity index (χ3v) is 4.84. The Bertz CT molecular complexity index is 476. The van der Waals surface area contributed by atoms with E-state index in [4.69, 9.17) is 5.73 Å². The molecule has 0 saturated carbocycles. The van der Waals surface area contributed by atoms with Crippen LogP contribution in [0.5, 0.6) is 0 Å². The fraction of sp³-hybridized carbons (Fsp3) is 0.800. The lowest BCUT2D eigenvalue weighted by Crippen LogP contribution is -2.22. The number of aryl methyl sites for hydroxylation is 1. The number of nitrogen functional groups attached to an aromatic ring is 1. The minimum atomic E-state index is -3.06. The van der Waals surface area contributed by atoms with E-state index in [9.17, 15) is 8.42 Å². The van der Waals surface area contributed by atoms with Crippen molar-refractivity contribution in [2.24, 2.45) is 0 Å². The molecule has 1 heterocycles. The predicted molar refractivity (Wildman–Crippen MR) is 67.4 cm³/mol. The van der Waals surface area contributed by atoms with Gasteiger partial charge in [-0.3, -0.25) is 0 Å². The molecule has 0 spiro atoms. The molecule has 0 saturated heterocycles. The molecular formula is C10H20N4O2S. The summed E-state index contributed by atoms with van der Waals surface area (Å²) < 4.78 is 25.0. The van der Waals surface area contributed by atoms with Gasteiger partial charge in [-0.2, -0.15) is 0 Å². The lowest BCUT2D eigenvalue weighted by molar-refractivity contribution is 0.552. The van der Waals surface area contributed by atoms with Crippen LogP contribution in [0.1, 0.15) is 39.3 Å². The number of rotatable bonds is 5. The largest absolute Gasteiger partial charge is 0.381 e. The molecule has 0 amide bonds. The Morgan fingerprint density at radius 3 is 2.35 bits per heavy atom. The molecule has 1 aromatic rings. The number of hydrogen-bond donors (Lipinski definition) is 1. The summed E-state index contributed by atoms with van der Waals surface area (Å²) >= 11 is 0. The highest BCUT2D eigenvalue weighted by Gasteiger charge is 2.19. The van der Waals surface area contributed by atoms with Crippen LogP contribution >= 0.6 is 0 Å². The second kappa shape index (κ2) is 5.03. The highest BCUT2D eigenvalue weighted by molar-refractivity contribution is 7.91. The molecule has 0 radical (unpaired) electrons. The second-order valence-electron chi connectivity index (χ2n) is 4.65. The fourth-order valence-corrected chi connectivity index (χ4v) is 2.44. The Labute approximate surface area is 102 Å². The Morgan fingerprint density at radius 2 is 1.88 bits per heavy atom. The summed E-state index contributed by atoms with van der Waals surface area (Å²) in [7, 11) is -3.06. The Balaban J connectivity index is 2.84. The number of sulfone groups is 1. The second-order valence-corrected chi connectivity index (χ2v) is 7.33. The molecule has 0 aromatic carbocycles. The van der Waals surface area contributed by atoms with Gasteiger partial charge in [0.05, 0.1) is 23.2 Å². The number of nitrogens with zero attached hydrogens (tertiary/aromatic N) is 3. The average Bonchev–Trinajstić information content (AvgIpc) is 2.56. The summed E-state index contributed by atoms with van der Waals surface area (Å²) in [4.78, 5) is 0. The molecule has 1 rings (SSSR count). The summed E-state index contributed by atoms with van der Waals surface area (Å²) in [5.74, 6) is 0.612. The summed E-state index contributed by atoms with van der Waals surface area (Å²) in [5.41, 5.74) is 6.49. The molecule has 0 unspecified atom stereocenters. The molecule has 17 heavy (non-hydrogen) atoms. The van der Waals surface area contributed by atoms with Crippen LogP contribution in [-0.2, 0) is 16.4 Å². The summed E-state index contributed by atoms with van der Waals surface area (Å²) in [6.45, 7) is 7.60. The standard InChI is InChI=1S/C10H20N4O2S/c1-7(2)9-10(11)12-13-14(9)5-6-17(15,16)8(3)4/h7-8H,5-6,11H2,1-4H3. The van der Waals surface area contributed by atoms with Crippen molar-refractivity contribution in [2.45, 2.75) is 45.4 Å². The van der Waals surface area contributed by atoms with E-state index in [1.807, 2.05) is 13.8 Å². The van der Waals surface area contributed by atoms with E-state index < -0.39 is 9.84 Å². The van der Waals surface area contributed by atoms with Crippen LogP contribution in [0.4, 0.5) is 5.82 Å². The van der Waals surface area contributed by atoms with Crippen molar-refractivity contribution in [1.82, 2.24) is 15.0 Å². The summed E-state index contributed by atoms with van der Waals surface area (Å²) in [5, 5.41) is 7.29. The van der Waals surface area contributed by atoms with Crippen LogP contribution in [0.2, 0.25) is 0 Å². The molecule has 1 aromatic heterocycles. The van der Waals surface area contributed by atoms with Crippen LogP contribution in [0.25, 0.3) is 0 Å². The monoisotopic (exact) mass is 260 g/mol. The van der Waals surface area contributed by atoms with E-state index in [0.717, 1.165) is 5.69 Å². The van der Waals surface area contributed by atoms with Gasteiger partial charge in [0.25, 0.3) is 0 Å². The zero-order chi connectivity index (χ0) is 13.2. The highest BCUT2D eigenvalue weighted by Crippen LogP contribution is 2.19. The maximum absolute atomic E-state index is 11.7. The van der Waals surface area contributed by atoms with E-state index >= 15 is 0 Å². The first kappa shape index (κ1) is 14.0. The van der Waals surface area contributed by atoms with Crippen LogP contribution in [0, 0.1) is 0 Å². The van der Waals surface area contributed by atoms with Crippen molar-refractivity contribution in [3.63, 3.8) is 0 Å². The van der Waals surface area contributed by atoms with E-state index in [-0.39, 0.29) is 16.9 Å². The predicted octanol–water partition coefficient (Wildman–Crippen LogP) is 0.807. The fourth-order valence-electron chi connectivity index (χ4n) is 1.54. The smallest absolute Gasteiger partial charge is 0.169 e. The van der Waals surface area contributed by atoms with Gasteiger partial charge in [0.1, 0.15) is 0 Å². The van der Waals surface area contributed by atoms with Crippen LogP contribution < -0.4 is 5.73 Å². The van der Waals surface area contributed by atoms with Gasteiger partial charge in [0.15, 0.2) is 15.7 Å². The van der Waals surface area contributed by atoms with Gasteiger partial charge < -0.3 is 5.73 Å². The van der Waals surface area contributed by atoms with Gasteiger partial charge in [-0.1, -0.05) is 19.1 Å². The van der Waals surface area contributed by atoms with E-state index in [1.165, 1.54) is 0 Å². The van der Waals surface area contributed by atoms with Crippen LogP contribution in [-0.4, -0.2) is 34.4 Å². The van der Waals surface area contributed by atoms with Gasteiger partial charge in [-0.15, -0.1) is 5.10 Å². The normalized spacial score (nSPS) is 12.6. The van der Waals surface area contributed by atoms with Crippen molar-refractivity contribution in [3.05, 3.63) is 5.69 Å². The van der Waals surface area contributed by atoms with E-state index in [1.54, 1.807) is 18.5 Å². The van der Waals surface area contributed by atoms with Crippen molar-refractivity contribution >= 4 is 15.7 Å². The van der Waals surface area contributed by atoms with Gasteiger partial charge in [-0.25, -0.2) is 13.1 Å². The van der Waals surface area contributed by atoms with Gasteiger partial charge in [-0.05, 0) is 19.8 Å². The maximum Gasteiger partial charge on any atom is 0.169 e. The third-order valence-electron chi connectivity index (χ3n) is 2.65. The van der Waals surface area contributed by atoms with Gasteiger partial charge in [0.2, 0.25) is 0 Å². The minimum Gasteiger partial charge on any atom is -0.381 e. The molecule has 0 fully saturated rings. The molecule has 2 N–H and O–H groups in total. The number of nitrogens with two attached hydrogens (primary N) is 1. The first-order valence-electron chi connectivity index (χ1n) is 5.66. The van der Waals surface area contributed by atoms with E-state index in [0.29, 0.717) is 12.4 Å². The molecule has 98 valence electrons. The van der Waals surface area contributed by atoms with Crippen molar-refractivity contribution in [3.8, 4) is 0 Å². The Kier molecular flexibility index (Phi) is 4.13. The molecule has 0 atom stereocenters.